The maximum absolute atomic E-state index is 13.1. The minimum absolute atomic E-state index is 0.0217. The number of carbonyl (C=O) groups excluding carboxylic acids is 1. The molecule has 4 aliphatic rings. The number of esters is 1. The van der Waals surface area contributed by atoms with E-state index in [0.29, 0.717) is 36.9 Å². The van der Waals surface area contributed by atoms with Crippen molar-refractivity contribution in [1.82, 2.24) is 4.90 Å². The molecule has 11 heteroatoms. The van der Waals surface area contributed by atoms with E-state index in [-0.39, 0.29) is 41.5 Å². The summed E-state index contributed by atoms with van der Waals surface area (Å²) >= 11 is 0. The summed E-state index contributed by atoms with van der Waals surface area (Å²) in [4.78, 5) is 33.6. The fourth-order valence-electron chi connectivity index (χ4n) is 7.21. The van der Waals surface area contributed by atoms with Crippen LogP contribution in [0, 0.1) is 23.2 Å². The van der Waals surface area contributed by atoms with Crippen molar-refractivity contribution in [3.63, 3.8) is 0 Å². The number of aliphatic hydroxyl groups is 1. The number of aliphatic hydroxyl groups excluding tert-OH is 1. The van der Waals surface area contributed by atoms with Crippen molar-refractivity contribution >= 4 is 17.9 Å². The van der Waals surface area contributed by atoms with Gasteiger partial charge in [-0.3, -0.25) is 9.69 Å². The number of ether oxygens (including phenoxy) is 4. The molecule has 2 unspecified atom stereocenters. The summed E-state index contributed by atoms with van der Waals surface area (Å²) in [5, 5.41) is 24.3. The highest BCUT2D eigenvalue weighted by molar-refractivity contribution is 6.27. The van der Waals surface area contributed by atoms with E-state index in [4.69, 9.17) is 38.7 Å². The normalized spacial score (nSPS) is 31.9. The Bertz CT molecular complexity index is 1080. The Morgan fingerprint density at radius 3 is 2.42 bits per heavy atom. The number of carboxylic acid groups (broad SMARTS) is 2. The molecule has 1 spiro atoms. The number of hydrogen-bond donors (Lipinski definition) is 3. The molecule has 5 rings (SSSR count). The number of rotatable bonds is 9. The lowest BCUT2D eigenvalue weighted by Crippen LogP contribution is -2.51. The first-order chi connectivity index (χ1) is 19.1. The highest BCUT2D eigenvalue weighted by Crippen LogP contribution is 2.62. The molecule has 0 amide bonds. The third-order valence-corrected chi connectivity index (χ3v) is 9.20. The van der Waals surface area contributed by atoms with E-state index in [1.54, 1.807) is 14.2 Å². The van der Waals surface area contributed by atoms with Crippen molar-refractivity contribution in [3.05, 3.63) is 23.8 Å². The Kier molecular flexibility index (Phi) is 9.26. The van der Waals surface area contributed by atoms with E-state index in [9.17, 15) is 9.90 Å². The zero-order valence-electron chi connectivity index (χ0n) is 23.5. The first-order valence-corrected chi connectivity index (χ1v) is 13.9. The summed E-state index contributed by atoms with van der Waals surface area (Å²) in [6, 6.07) is 5.94. The minimum atomic E-state index is -1.82. The topological polar surface area (TPSA) is 155 Å². The van der Waals surface area contributed by atoms with Gasteiger partial charge >= 0.3 is 17.9 Å². The summed E-state index contributed by atoms with van der Waals surface area (Å²) in [5.74, 6) is -1.68. The van der Waals surface area contributed by atoms with Crippen LogP contribution in [-0.4, -0.2) is 90.4 Å². The van der Waals surface area contributed by atoms with Crippen LogP contribution in [0.15, 0.2) is 18.2 Å². The zero-order chi connectivity index (χ0) is 29.1. The second-order valence-electron chi connectivity index (χ2n) is 11.7. The molecule has 2 saturated carbocycles. The Morgan fingerprint density at radius 2 is 1.82 bits per heavy atom. The first-order valence-electron chi connectivity index (χ1n) is 13.9. The van der Waals surface area contributed by atoms with Crippen molar-refractivity contribution in [2.45, 2.75) is 63.7 Å². The fraction of sp³-hybridized carbons (Fsp3) is 0.690. The largest absolute Gasteiger partial charge is 0.493 e. The maximum Gasteiger partial charge on any atom is 0.414 e. The van der Waals surface area contributed by atoms with Crippen LogP contribution >= 0.6 is 0 Å². The van der Waals surface area contributed by atoms with Crippen molar-refractivity contribution in [3.8, 4) is 11.5 Å². The Labute approximate surface area is 234 Å². The van der Waals surface area contributed by atoms with Crippen LogP contribution < -0.4 is 9.47 Å². The van der Waals surface area contributed by atoms with Crippen LogP contribution in [-0.2, 0) is 30.4 Å². The summed E-state index contributed by atoms with van der Waals surface area (Å²) in [7, 11) is 3.27. The van der Waals surface area contributed by atoms with Gasteiger partial charge in [0.15, 0.2) is 11.5 Å². The average molecular weight is 564 g/mol. The van der Waals surface area contributed by atoms with Gasteiger partial charge in [-0.1, -0.05) is 13.0 Å². The molecule has 1 aromatic rings. The second-order valence-corrected chi connectivity index (χ2v) is 11.7. The van der Waals surface area contributed by atoms with Crippen molar-refractivity contribution in [2.24, 2.45) is 23.2 Å². The van der Waals surface area contributed by atoms with Crippen LogP contribution in [0.1, 0.15) is 51.0 Å². The smallest absolute Gasteiger partial charge is 0.414 e. The predicted molar refractivity (Wildman–Crippen MR) is 142 cm³/mol. The SMILES string of the molecule is COc1ccc(CN(CCCO)CC2C(=O)O[C@@H]3C[C@@]4(C)CCCC5(CO5)[C@@H]4C[C@H]23)cc1OC.O=C(O)C(=O)O. The molecule has 0 radical (unpaired) electrons. The van der Waals surface area contributed by atoms with Crippen LogP contribution in [0.4, 0.5) is 0 Å². The molecule has 2 aliphatic carbocycles. The predicted octanol–water partition coefficient (Wildman–Crippen LogP) is 2.57. The highest BCUT2D eigenvalue weighted by Gasteiger charge is 2.65. The Balaban J connectivity index is 0.000000557. The van der Waals surface area contributed by atoms with Gasteiger partial charge in [0.05, 0.1) is 32.3 Å². The van der Waals surface area contributed by atoms with Gasteiger partial charge in [0, 0.05) is 32.2 Å². The summed E-state index contributed by atoms with van der Waals surface area (Å²) in [5.41, 5.74) is 1.36. The van der Waals surface area contributed by atoms with Gasteiger partial charge in [0.2, 0.25) is 0 Å². The summed E-state index contributed by atoms with van der Waals surface area (Å²) in [6.07, 6.45) is 6.24. The lowest BCUT2D eigenvalue weighted by molar-refractivity contribution is -0.159. The average Bonchev–Trinajstić information content (AvgIpc) is 3.63. The molecule has 2 heterocycles. The van der Waals surface area contributed by atoms with E-state index in [1.807, 2.05) is 18.2 Å². The van der Waals surface area contributed by atoms with Crippen LogP contribution in [0.5, 0.6) is 11.5 Å². The summed E-state index contributed by atoms with van der Waals surface area (Å²) < 4.78 is 22.9. The molecule has 4 fully saturated rings. The van der Waals surface area contributed by atoms with E-state index in [0.717, 1.165) is 38.0 Å². The van der Waals surface area contributed by atoms with Gasteiger partial charge in [-0.2, -0.15) is 0 Å². The first kappa shape index (κ1) is 30.1. The van der Waals surface area contributed by atoms with Crippen molar-refractivity contribution < 1.29 is 48.7 Å². The van der Waals surface area contributed by atoms with Gasteiger partial charge in [-0.05, 0) is 67.6 Å². The van der Waals surface area contributed by atoms with E-state index >= 15 is 0 Å². The number of carboxylic acids is 2. The third-order valence-electron chi connectivity index (χ3n) is 9.20. The molecule has 11 nitrogen and oxygen atoms in total. The van der Waals surface area contributed by atoms with Crippen molar-refractivity contribution in [1.29, 1.82) is 0 Å². The van der Waals surface area contributed by atoms with Gasteiger partial charge in [0.1, 0.15) is 6.10 Å². The molecular weight excluding hydrogens is 522 g/mol. The molecule has 1 aromatic carbocycles. The minimum Gasteiger partial charge on any atom is -0.493 e. The number of aliphatic carboxylic acids is 2. The Hall–Kier alpha value is -2.89. The number of carbonyl (C=O) groups is 3. The van der Waals surface area contributed by atoms with Gasteiger partial charge in [0.25, 0.3) is 0 Å². The molecule has 0 aromatic heterocycles. The van der Waals surface area contributed by atoms with Gasteiger partial charge in [-0.15, -0.1) is 0 Å². The molecule has 222 valence electrons. The molecule has 3 N–H and O–H groups in total. The third kappa shape index (κ3) is 6.37. The standard InChI is InChI=1S/C27H39NO6.C2H2O4/c1-26-8-4-9-27(17-33-27)24(26)13-19-20(25(30)34-23(19)14-26)16-28(10-5-11-29)15-18-6-7-21(31-2)22(12-18)32-3;3-1(4)2(5)6/h6-7,12,19-20,23-24,29H,4-5,8-11,13-17H2,1-3H3;(H,3,4)(H,5,6)/t19-,20?,23-,24-,26-,27?;/m1./s1. The van der Waals surface area contributed by atoms with Gasteiger partial charge in [-0.25, -0.2) is 9.59 Å². The summed E-state index contributed by atoms with van der Waals surface area (Å²) in [6.45, 7) is 5.44. The molecule has 0 bridgehead atoms. The zero-order valence-corrected chi connectivity index (χ0v) is 23.5. The van der Waals surface area contributed by atoms with Crippen LogP contribution in [0.3, 0.4) is 0 Å². The maximum atomic E-state index is 13.1. The quantitative estimate of drug-likeness (QED) is 0.231. The number of methoxy groups -OCH3 is 2. The Morgan fingerprint density at radius 1 is 1.12 bits per heavy atom. The van der Waals surface area contributed by atoms with Crippen LogP contribution in [0.25, 0.3) is 0 Å². The molecule has 6 atom stereocenters. The number of benzene rings is 1. The molecular formula is C29H41NO10. The molecule has 40 heavy (non-hydrogen) atoms. The monoisotopic (exact) mass is 563 g/mol. The van der Waals surface area contributed by atoms with E-state index in [2.05, 4.69) is 11.8 Å². The van der Waals surface area contributed by atoms with Gasteiger partial charge < -0.3 is 34.3 Å². The molecule has 2 saturated heterocycles. The van der Waals surface area contributed by atoms with Crippen molar-refractivity contribution in [2.75, 3.05) is 40.5 Å². The second kappa shape index (κ2) is 12.3. The number of fused-ring (bicyclic) bond motifs is 3. The van der Waals surface area contributed by atoms with E-state index < -0.39 is 11.9 Å². The highest BCUT2D eigenvalue weighted by atomic mass is 16.6. The van der Waals surface area contributed by atoms with Crippen LogP contribution in [0.2, 0.25) is 0 Å². The van der Waals surface area contributed by atoms with E-state index in [1.165, 1.54) is 12.8 Å². The number of nitrogens with zero attached hydrogens (tertiary/aromatic N) is 1. The fourth-order valence-corrected chi connectivity index (χ4v) is 7.21. The number of epoxide rings is 1. The lowest BCUT2D eigenvalue weighted by Gasteiger charge is -2.51. The lowest BCUT2D eigenvalue weighted by atomic mass is 9.53. The number of hydrogen-bond acceptors (Lipinski definition) is 9. The molecule has 2 aliphatic heterocycles.